The maximum Gasteiger partial charge on any atom is 0.307 e. The number of rotatable bonds is 6. The molecule has 4 rings (SSSR count). The third-order valence-electron chi connectivity index (χ3n) is 5.00. The van der Waals surface area contributed by atoms with E-state index in [0.717, 1.165) is 18.2 Å². The molecule has 4 aromatic rings. The van der Waals surface area contributed by atoms with Gasteiger partial charge in [0.15, 0.2) is 5.82 Å². The van der Waals surface area contributed by atoms with Crippen LogP contribution in [0.4, 0.5) is 24.7 Å². The second-order valence-electron chi connectivity index (χ2n) is 7.28. The van der Waals surface area contributed by atoms with Gasteiger partial charge in [0.2, 0.25) is 0 Å². The van der Waals surface area contributed by atoms with E-state index in [-0.39, 0.29) is 33.7 Å². The van der Waals surface area contributed by atoms with E-state index in [9.17, 15) is 31.5 Å². The van der Waals surface area contributed by atoms with Crippen LogP contribution in [0.5, 0.6) is 0 Å². The van der Waals surface area contributed by atoms with Crippen molar-refractivity contribution in [3.05, 3.63) is 70.9 Å². The fourth-order valence-corrected chi connectivity index (χ4v) is 5.24. The number of aromatic nitrogens is 2. The SMILES string of the molecule is Cc1cc(Nc2cc(F)c(S(=O)(=O)n3c(C)c(CC(=O)O)c4cc(F)ccc43)cc2F)no1. The highest BCUT2D eigenvalue weighted by molar-refractivity contribution is 7.90. The van der Waals surface area contributed by atoms with Crippen molar-refractivity contribution >= 4 is 38.4 Å². The summed E-state index contributed by atoms with van der Waals surface area (Å²) in [5, 5.41) is 15.3. The van der Waals surface area contributed by atoms with Crippen LogP contribution in [0.2, 0.25) is 0 Å². The van der Waals surface area contributed by atoms with Gasteiger partial charge in [-0.25, -0.2) is 25.6 Å². The minimum atomic E-state index is -4.74. The molecule has 0 atom stereocenters. The molecule has 0 saturated carbocycles. The molecular formula is C21H16F3N3O5S. The predicted molar refractivity (Wildman–Crippen MR) is 111 cm³/mol. The quantitative estimate of drug-likeness (QED) is 0.424. The molecule has 2 N–H and O–H groups in total. The molecule has 0 aliphatic heterocycles. The number of halogens is 3. The number of nitrogens with zero attached hydrogens (tertiary/aromatic N) is 2. The van der Waals surface area contributed by atoms with Gasteiger partial charge in [-0.15, -0.1) is 0 Å². The predicted octanol–water partition coefficient (Wildman–Crippen LogP) is 4.27. The maximum absolute atomic E-state index is 14.9. The van der Waals surface area contributed by atoms with Gasteiger partial charge in [-0.1, -0.05) is 5.16 Å². The smallest absolute Gasteiger partial charge is 0.307 e. The molecule has 0 bridgehead atoms. The van der Waals surface area contributed by atoms with E-state index in [4.69, 9.17) is 4.52 Å². The minimum absolute atomic E-state index is 0.0408. The summed E-state index contributed by atoms with van der Waals surface area (Å²) in [5.74, 6) is -3.81. The molecule has 33 heavy (non-hydrogen) atoms. The number of aliphatic carboxylic acids is 1. The lowest BCUT2D eigenvalue weighted by molar-refractivity contribution is -0.136. The Labute approximate surface area is 185 Å². The highest BCUT2D eigenvalue weighted by Crippen LogP contribution is 2.33. The van der Waals surface area contributed by atoms with Gasteiger partial charge >= 0.3 is 5.97 Å². The van der Waals surface area contributed by atoms with Crippen LogP contribution in [0.15, 0.2) is 45.8 Å². The Bertz CT molecular complexity index is 1530. The summed E-state index contributed by atoms with van der Waals surface area (Å²) in [7, 11) is -4.74. The largest absolute Gasteiger partial charge is 0.481 e. The Hall–Kier alpha value is -3.80. The van der Waals surface area contributed by atoms with Crippen LogP contribution in [-0.2, 0) is 21.2 Å². The number of nitrogens with one attached hydrogen (secondary N) is 1. The van der Waals surface area contributed by atoms with Crippen molar-refractivity contribution < 1.29 is 36.0 Å². The van der Waals surface area contributed by atoms with E-state index in [0.29, 0.717) is 21.9 Å². The molecule has 2 heterocycles. The summed E-state index contributed by atoms with van der Waals surface area (Å²) < 4.78 is 75.7. The van der Waals surface area contributed by atoms with Gasteiger partial charge < -0.3 is 14.9 Å². The van der Waals surface area contributed by atoms with Crippen LogP contribution in [-0.4, -0.2) is 28.6 Å². The number of carbonyl (C=O) groups is 1. The van der Waals surface area contributed by atoms with E-state index in [1.807, 2.05) is 0 Å². The van der Waals surface area contributed by atoms with Gasteiger partial charge in [0, 0.05) is 23.2 Å². The molecule has 0 aliphatic rings. The second kappa shape index (κ2) is 7.96. The normalized spacial score (nSPS) is 11.8. The van der Waals surface area contributed by atoms with Gasteiger partial charge in [0.25, 0.3) is 10.0 Å². The molecule has 2 aromatic heterocycles. The maximum atomic E-state index is 14.9. The van der Waals surface area contributed by atoms with Gasteiger partial charge in [-0.05, 0) is 43.7 Å². The zero-order chi connectivity index (χ0) is 24.1. The Morgan fingerprint density at radius 2 is 1.85 bits per heavy atom. The summed E-state index contributed by atoms with van der Waals surface area (Å²) in [6.45, 7) is 2.91. The molecule has 172 valence electrons. The van der Waals surface area contributed by atoms with E-state index in [1.54, 1.807) is 6.92 Å². The zero-order valence-corrected chi connectivity index (χ0v) is 18.0. The number of hydrogen-bond donors (Lipinski definition) is 2. The standard InChI is InChI=1S/C21H16F3N3O5S/c1-10-5-20(26-32-10)25-17-8-16(24)19(9-15(17)23)33(30,31)27-11(2)13(7-21(28)29)14-6-12(22)3-4-18(14)27/h3-6,8-9H,7H2,1-2H3,(H,25,26)(H,28,29). The molecule has 0 unspecified atom stereocenters. The topological polar surface area (TPSA) is 114 Å². The van der Waals surface area contributed by atoms with E-state index >= 15 is 0 Å². The number of hydrogen-bond acceptors (Lipinski definition) is 6. The first kappa shape index (κ1) is 22.4. The third kappa shape index (κ3) is 3.93. The fourth-order valence-electron chi connectivity index (χ4n) is 3.59. The highest BCUT2D eigenvalue weighted by atomic mass is 32.2. The summed E-state index contributed by atoms with van der Waals surface area (Å²) >= 11 is 0. The van der Waals surface area contributed by atoms with E-state index < -0.39 is 44.8 Å². The lowest BCUT2D eigenvalue weighted by Crippen LogP contribution is -2.17. The van der Waals surface area contributed by atoms with Crippen LogP contribution in [0.3, 0.4) is 0 Å². The lowest BCUT2D eigenvalue weighted by Gasteiger charge is -2.13. The van der Waals surface area contributed by atoms with Crippen molar-refractivity contribution in [2.75, 3.05) is 5.32 Å². The molecule has 0 radical (unpaired) electrons. The average Bonchev–Trinajstić information content (AvgIpc) is 3.25. The molecule has 0 aliphatic carbocycles. The van der Waals surface area contributed by atoms with Crippen LogP contribution < -0.4 is 5.32 Å². The average molecular weight is 479 g/mol. The molecule has 8 nitrogen and oxygen atoms in total. The Morgan fingerprint density at radius 1 is 1.12 bits per heavy atom. The van der Waals surface area contributed by atoms with Crippen LogP contribution in [0.25, 0.3) is 10.9 Å². The summed E-state index contributed by atoms with van der Waals surface area (Å²) in [4.78, 5) is 10.3. The Morgan fingerprint density at radius 3 is 2.48 bits per heavy atom. The fraction of sp³-hybridized carbons (Fsp3) is 0.143. The van der Waals surface area contributed by atoms with Crippen molar-refractivity contribution in [2.24, 2.45) is 0 Å². The van der Waals surface area contributed by atoms with Crippen molar-refractivity contribution in [1.29, 1.82) is 0 Å². The van der Waals surface area contributed by atoms with Crippen LogP contribution in [0, 0.1) is 31.3 Å². The lowest BCUT2D eigenvalue weighted by atomic mass is 10.1. The Kier molecular flexibility index (Phi) is 5.40. The number of carboxylic acids is 1. The number of aryl methyl sites for hydroxylation is 1. The van der Waals surface area contributed by atoms with E-state index in [2.05, 4.69) is 10.5 Å². The first-order valence-electron chi connectivity index (χ1n) is 9.45. The molecule has 0 fully saturated rings. The molecule has 0 saturated heterocycles. The minimum Gasteiger partial charge on any atom is -0.481 e. The Balaban J connectivity index is 1.87. The van der Waals surface area contributed by atoms with Gasteiger partial charge in [-0.3, -0.25) is 4.79 Å². The first-order valence-corrected chi connectivity index (χ1v) is 10.9. The third-order valence-corrected chi connectivity index (χ3v) is 6.82. The molecule has 2 aromatic carbocycles. The van der Waals surface area contributed by atoms with Crippen LogP contribution >= 0.6 is 0 Å². The van der Waals surface area contributed by atoms with Crippen molar-refractivity contribution in [3.8, 4) is 0 Å². The van der Waals surface area contributed by atoms with Gasteiger partial charge in [-0.2, -0.15) is 0 Å². The van der Waals surface area contributed by atoms with Gasteiger partial charge in [0.1, 0.15) is 28.1 Å². The number of anilines is 2. The summed E-state index contributed by atoms with van der Waals surface area (Å²) in [6, 6.07) is 5.72. The first-order chi connectivity index (χ1) is 15.5. The van der Waals surface area contributed by atoms with E-state index in [1.165, 1.54) is 13.0 Å². The van der Waals surface area contributed by atoms with Crippen LogP contribution in [0.1, 0.15) is 17.0 Å². The summed E-state index contributed by atoms with van der Waals surface area (Å²) in [5.41, 5.74) is -0.452. The zero-order valence-electron chi connectivity index (χ0n) is 17.2. The number of carboxylic acid groups (broad SMARTS) is 1. The summed E-state index contributed by atoms with van der Waals surface area (Å²) in [6.07, 6.45) is -0.592. The molecule has 0 amide bonds. The van der Waals surface area contributed by atoms with Gasteiger partial charge in [0.05, 0.1) is 17.6 Å². The molecular weight excluding hydrogens is 463 g/mol. The number of benzene rings is 2. The van der Waals surface area contributed by atoms with Crippen molar-refractivity contribution in [2.45, 2.75) is 25.2 Å². The number of fused-ring (bicyclic) bond motifs is 1. The monoisotopic (exact) mass is 479 g/mol. The molecule has 12 heteroatoms. The van der Waals surface area contributed by atoms with Crippen molar-refractivity contribution in [1.82, 2.24) is 9.13 Å². The molecule has 0 spiro atoms. The second-order valence-corrected chi connectivity index (χ2v) is 9.03. The highest BCUT2D eigenvalue weighted by Gasteiger charge is 2.29. The van der Waals surface area contributed by atoms with Crippen molar-refractivity contribution in [3.63, 3.8) is 0 Å².